The van der Waals surface area contributed by atoms with Crippen LogP contribution >= 0.6 is 34.7 Å². The highest BCUT2D eigenvalue weighted by Gasteiger charge is 2.17. The summed E-state index contributed by atoms with van der Waals surface area (Å²) in [6.45, 7) is 1.12. The molecule has 0 radical (unpaired) electrons. The molecule has 4 heteroatoms. The van der Waals surface area contributed by atoms with Gasteiger partial charge in [0.2, 0.25) is 0 Å². The summed E-state index contributed by atoms with van der Waals surface area (Å²) in [6, 6.07) is 4.06. The Bertz CT molecular complexity index is 242. The zero-order valence-corrected chi connectivity index (χ0v) is 8.23. The third kappa shape index (κ3) is 1.72. The van der Waals surface area contributed by atoms with Gasteiger partial charge in [-0.05, 0) is 12.1 Å². The normalized spacial score (nSPS) is 24.3. The molecule has 2 rings (SSSR count). The van der Waals surface area contributed by atoms with Crippen LogP contribution in [-0.2, 0) is 0 Å². The average molecular weight is 206 g/mol. The molecular formula is C7H8ClNS2. The summed E-state index contributed by atoms with van der Waals surface area (Å²) in [4.78, 5) is 1.34. The maximum Gasteiger partial charge on any atom is 0.0932 e. The van der Waals surface area contributed by atoms with Crippen LogP contribution in [0.3, 0.4) is 0 Å². The predicted molar refractivity (Wildman–Crippen MR) is 52.5 cm³/mol. The molecule has 2 heterocycles. The van der Waals surface area contributed by atoms with E-state index in [4.69, 9.17) is 11.6 Å². The largest absolute Gasteiger partial charge is 0.300 e. The van der Waals surface area contributed by atoms with E-state index in [0.717, 1.165) is 10.9 Å². The lowest BCUT2D eigenvalue weighted by Crippen LogP contribution is -2.10. The van der Waals surface area contributed by atoms with Crippen molar-refractivity contribution in [3.05, 3.63) is 21.3 Å². The molecule has 1 unspecified atom stereocenters. The van der Waals surface area contributed by atoms with Gasteiger partial charge in [-0.2, -0.15) is 0 Å². The molecule has 1 saturated heterocycles. The number of nitrogens with one attached hydrogen (secondary N) is 1. The third-order valence-corrected chi connectivity index (χ3v) is 4.21. The average Bonchev–Trinajstić information content (AvgIpc) is 2.55. The number of thiophene rings is 1. The lowest BCUT2D eigenvalue weighted by Gasteiger charge is -2.04. The Morgan fingerprint density at radius 2 is 2.45 bits per heavy atom. The molecule has 0 bridgehead atoms. The number of thioether (sulfide) groups is 1. The van der Waals surface area contributed by atoms with E-state index in [-0.39, 0.29) is 0 Å². The van der Waals surface area contributed by atoms with Crippen LogP contribution in [0.5, 0.6) is 0 Å². The van der Waals surface area contributed by atoms with Crippen LogP contribution in [0.1, 0.15) is 10.3 Å². The molecule has 1 fully saturated rings. The monoisotopic (exact) mass is 205 g/mol. The highest BCUT2D eigenvalue weighted by Crippen LogP contribution is 2.35. The zero-order valence-electron chi connectivity index (χ0n) is 5.84. The lowest BCUT2D eigenvalue weighted by molar-refractivity contribution is 0.761. The summed E-state index contributed by atoms with van der Waals surface area (Å²) in [7, 11) is 0. The second-order valence-electron chi connectivity index (χ2n) is 2.35. The van der Waals surface area contributed by atoms with Gasteiger partial charge in [0.05, 0.1) is 9.71 Å². The van der Waals surface area contributed by atoms with Crippen LogP contribution in [0.25, 0.3) is 0 Å². The van der Waals surface area contributed by atoms with Crippen LogP contribution in [0, 0.1) is 0 Å². The number of halogens is 1. The van der Waals surface area contributed by atoms with E-state index < -0.39 is 0 Å². The standard InChI is InChI=1S/C7H8ClNS2/c8-6-2-1-5(11-6)7-9-3-4-10-7/h1-2,7,9H,3-4H2. The zero-order chi connectivity index (χ0) is 7.68. The smallest absolute Gasteiger partial charge is 0.0932 e. The van der Waals surface area contributed by atoms with E-state index in [1.54, 1.807) is 11.3 Å². The highest BCUT2D eigenvalue weighted by atomic mass is 35.5. The minimum atomic E-state index is 0.493. The number of hydrogen-bond acceptors (Lipinski definition) is 3. The first kappa shape index (κ1) is 7.92. The number of rotatable bonds is 1. The summed E-state index contributed by atoms with van der Waals surface area (Å²) in [5.74, 6) is 1.21. The Morgan fingerprint density at radius 1 is 1.55 bits per heavy atom. The summed E-state index contributed by atoms with van der Waals surface area (Å²) in [6.07, 6.45) is 0. The lowest BCUT2D eigenvalue weighted by atomic mass is 10.4. The van der Waals surface area contributed by atoms with E-state index in [1.165, 1.54) is 10.6 Å². The maximum absolute atomic E-state index is 5.82. The Labute approximate surface area is 79.1 Å². The van der Waals surface area contributed by atoms with Gasteiger partial charge in [-0.1, -0.05) is 11.6 Å². The van der Waals surface area contributed by atoms with Crippen LogP contribution in [0.15, 0.2) is 12.1 Å². The minimum Gasteiger partial charge on any atom is -0.300 e. The van der Waals surface area contributed by atoms with Gasteiger partial charge in [-0.15, -0.1) is 23.1 Å². The van der Waals surface area contributed by atoms with Crippen molar-refractivity contribution in [2.24, 2.45) is 0 Å². The fourth-order valence-electron chi connectivity index (χ4n) is 1.08. The molecule has 1 aliphatic rings. The topological polar surface area (TPSA) is 12.0 Å². The molecule has 1 N–H and O–H groups in total. The Hall–Kier alpha value is 0.300. The van der Waals surface area contributed by atoms with E-state index >= 15 is 0 Å². The van der Waals surface area contributed by atoms with Gasteiger partial charge >= 0.3 is 0 Å². The van der Waals surface area contributed by atoms with Crippen molar-refractivity contribution in [1.82, 2.24) is 5.32 Å². The van der Waals surface area contributed by atoms with Crippen LogP contribution < -0.4 is 5.32 Å². The van der Waals surface area contributed by atoms with Crippen molar-refractivity contribution >= 4 is 34.7 Å². The van der Waals surface area contributed by atoms with Crippen LogP contribution in [0.4, 0.5) is 0 Å². The maximum atomic E-state index is 5.82. The fraction of sp³-hybridized carbons (Fsp3) is 0.429. The fourth-order valence-corrected chi connectivity index (χ4v) is 3.39. The van der Waals surface area contributed by atoms with E-state index in [9.17, 15) is 0 Å². The summed E-state index contributed by atoms with van der Waals surface area (Å²) >= 11 is 9.44. The predicted octanol–water partition coefficient (Wildman–Crippen LogP) is 2.74. The van der Waals surface area contributed by atoms with Crippen LogP contribution in [0.2, 0.25) is 4.34 Å². The summed E-state index contributed by atoms with van der Waals surface area (Å²) in [5.41, 5.74) is 0. The van der Waals surface area contributed by atoms with E-state index in [2.05, 4.69) is 11.4 Å². The molecule has 1 aromatic heterocycles. The quantitative estimate of drug-likeness (QED) is 0.757. The Morgan fingerprint density at radius 3 is 3.00 bits per heavy atom. The molecular weight excluding hydrogens is 198 g/mol. The molecule has 0 aromatic carbocycles. The van der Waals surface area contributed by atoms with Gasteiger partial charge in [-0.3, -0.25) is 0 Å². The van der Waals surface area contributed by atoms with Crippen molar-refractivity contribution in [3.63, 3.8) is 0 Å². The van der Waals surface area contributed by atoms with E-state index in [0.29, 0.717) is 5.37 Å². The first-order chi connectivity index (χ1) is 5.36. The molecule has 1 aromatic rings. The highest BCUT2D eigenvalue weighted by molar-refractivity contribution is 7.99. The Balaban J connectivity index is 2.15. The van der Waals surface area contributed by atoms with Gasteiger partial charge in [0.25, 0.3) is 0 Å². The van der Waals surface area contributed by atoms with Crippen molar-refractivity contribution in [1.29, 1.82) is 0 Å². The van der Waals surface area contributed by atoms with E-state index in [1.807, 2.05) is 17.8 Å². The molecule has 1 atom stereocenters. The molecule has 1 aliphatic heterocycles. The van der Waals surface area contributed by atoms with Gasteiger partial charge in [0.15, 0.2) is 0 Å². The molecule has 0 spiro atoms. The van der Waals surface area contributed by atoms with Crippen molar-refractivity contribution in [2.45, 2.75) is 5.37 Å². The molecule has 11 heavy (non-hydrogen) atoms. The molecule has 0 aliphatic carbocycles. The molecule has 1 nitrogen and oxygen atoms in total. The second-order valence-corrected chi connectivity index (χ2v) is 5.31. The SMILES string of the molecule is Clc1ccc(C2NCCS2)s1. The molecule has 0 amide bonds. The first-order valence-corrected chi connectivity index (χ1v) is 5.71. The van der Waals surface area contributed by atoms with Crippen molar-refractivity contribution in [3.8, 4) is 0 Å². The third-order valence-electron chi connectivity index (χ3n) is 1.57. The van der Waals surface area contributed by atoms with Gasteiger partial charge < -0.3 is 5.32 Å². The Kier molecular flexibility index (Phi) is 2.42. The summed E-state index contributed by atoms with van der Waals surface area (Å²) in [5, 5.41) is 3.89. The van der Waals surface area contributed by atoms with Crippen molar-refractivity contribution in [2.75, 3.05) is 12.3 Å². The second kappa shape index (κ2) is 3.35. The van der Waals surface area contributed by atoms with Crippen molar-refractivity contribution < 1.29 is 0 Å². The molecule has 60 valence electrons. The number of hydrogen-bond donors (Lipinski definition) is 1. The van der Waals surface area contributed by atoms with Gasteiger partial charge in [0, 0.05) is 17.2 Å². The first-order valence-electron chi connectivity index (χ1n) is 3.46. The van der Waals surface area contributed by atoms with Gasteiger partial charge in [-0.25, -0.2) is 0 Å². The minimum absolute atomic E-state index is 0.493. The van der Waals surface area contributed by atoms with Crippen LogP contribution in [-0.4, -0.2) is 12.3 Å². The summed E-state index contributed by atoms with van der Waals surface area (Å²) < 4.78 is 0.884. The molecule has 0 saturated carbocycles. The van der Waals surface area contributed by atoms with Gasteiger partial charge in [0.1, 0.15) is 0 Å².